The normalized spacial score (nSPS) is 14.0. The number of ether oxygens (including phenoxy) is 2. The van der Waals surface area contributed by atoms with Crippen LogP contribution in [0.4, 0.5) is 0 Å². The van der Waals surface area contributed by atoms with Crippen molar-refractivity contribution in [1.29, 1.82) is 0 Å². The van der Waals surface area contributed by atoms with Crippen LogP contribution >= 0.6 is 0 Å². The third-order valence-electron chi connectivity index (χ3n) is 6.24. The summed E-state index contributed by atoms with van der Waals surface area (Å²) < 4.78 is 16.9. The van der Waals surface area contributed by atoms with E-state index in [-0.39, 0.29) is 0 Å². The molecule has 1 saturated heterocycles. The van der Waals surface area contributed by atoms with Gasteiger partial charge in [0, 0.05) is 30.4 Å². The smallest absolute Gasteiger partial charge is 0.161 e. The third kappa shape index (κ3) is 6.32. The van der Waals surface area contributed by atoms with Gasteiger partial charge in [-0.2, -0.15) is 0 Å². The average molecular weight is 451 g/mol. The van der Waals surface area contributed by atoms with Crippen LogP contribution in [0.15, 0.2) is 35.0 Å². The molecule has 0 amide bonds. The fraction of sp³-hybridized carbons (Fsp3) is 0.500. The van der Waals surface area contributed by atoms with Crippen molar-refractivity contribution in [3.8, 4) is 11.5 Å². The molecule has 3 heterocycles. The number of aromatic nitrogens is 3. The Balaban J connectivity index is 1.35. The molecule has 2 aromatic heterocycles. The predicted molar refractivity (Wildman–Crippen MR) is 127 cm³/mol. The van der Waals surface area contributed by atoms with Crippen LogP contribution in [0.25, 0.3) is 0 Å². The Morgan fingerprint density at radius 1 is 1.06 bits per heavy atom. The molecule has 0 bridgehead atoms. The summed E-state index contributed by atoms with van der Waals surface area (Å²) in [4.78, 5) is 11.8. The zero-order valence-corrected chi connectivity index (χ0v) is 20.0. The van der Waals surface area contributed by atoms with Crippen molar-refractivity contribution in [1.82, 2.24) is 20.0 Å². The average Bonchev–Trinajstić information content (AvgIpc) is 3.45. The van der Waals surface area contributed by atoms with Crippen LogP contribution < -0.4 is 9.47 Å². The summed E-state index contributed by atoms with van der Waals surface area (Å²) in [5.74, 6) is 3.23. The lowest BCUT2D eigenvalue weighted by Crippen LogP contribution is -2.21. The summed E-state index contributed by atoms with van der Waals surface area (Å²) in [5, 5.41) is 4.04. The first kappa shape index (κ1) is 23.2. The molecule has 0 aliphatic carbocycles. The topological polar surface area (TPSA) is 73.5 Å². The van der Waals surface area contributed by atoms with Gasteiger partial charge in [-0.05, 0) is 82.8 Å². The van der Waals surface area contributed by atoms with E-state index in [2.05, 4.69) is 27.2 Å². The van der Waals surface area contributed by atoms with Gasteiger partial charge in [0.05, 0.1) is 19.4 Å². The second kappa shape index (κ2) is 11.3. The Labute approximate surface area is 196 Å². The van der Waals surface area contributed by atoms with Crippen molar-refractivity contribution in [3.63, 3.8) is 0 Å². The maximum Gasteiger partial charge on any atom is 0.161 e. The van der Waals surface area contributed by atoms with Gasteiger partial charge in [-0.1, -0.05) is 11.2 Å². The number of rotatable bonds is 11. The van der Waals surface area contributed by atoms with Gasteiger partial charge < -0.3 is 18.9 Å². The van der Waals surface area contributed by atoms with Crippen molar-refractivity contribution in [2.45, 2.75) is 52.4 Å². The highest BCUT2D eigenvalue weighted by Gasteiger charge is 2.13. The number of nitrogens with zero attached hydrogens (tertiary/aromatic N) is 4. The molecular formula is C26H34N4O3. The second-order valence-corrected chi connectivity index (χ2v) is 8.68. The van der Waals surface area contributed by atoms with E-state index in [0.717, 1.165) is 71.4 Å². The number of methoxy groups -OCH3 is 1. The predicted octanol–water partition coefficient (Wildman–Crippen LogP) is 4.33. The lowest BCUT2D eigenvalue weighted by Gasteiger charge is -2.16. The van der Waals surface area contributed by atoms with Crippen molar-refractivity contribution < 1.29 is 14.0 Å². The molecule has 0 unspecified atom stereocenters. The van der Waals surface area contributed by atoms with E-state index >= 15 is 0 Å². The zero-order chi connectivity index (χ0) is 23.0. The largest absolute Gasteiger partial charge is 0.493 e. The van der Waals surface area contributed by atoms with E-state index in [1.165, 1.54) is 25.9 Å². The summed E-state index contributed by atoms with van der Waals surface area (Å²) >= 11 is 0. The van der Waals surface area contributed by atoms with Crippen molar-refractivity contribution in [2.75, 3.05) is 33.4 Å². The Hall–Kier alpha value is -2.93. The van der Waals surface area contributed by atoms with Crippen LogP contribution in [0, 0.1) is 13.8 Å². The highest BCUT2D eigenvalue weighted by molar-refractivity contribution is 5.43. The SMILES string of the molecule is COc1ccc(Cc2nccc(CCc3c(C)noc3C)n2)cc1OCCCN1CCCC1. The molecule has 0 atom stereocenters. The molecule has 7 nitrogen and oxygen atoms in total. The molecule has 0 saturated carbocycles. The number of hydrogen-bond donors (Lipinski definition) is 0. The molecule has 1 aromatic carbocycles. The maximum absolute atomic E-state index is 6.08. The van der Waals surface area contributed by atoms with Crippen LogP contribution in [-0.4, -0.2) is 53.4 Å². The van der Waals surface area contributed by atoms with E-state index in [1.807, 2.05) is 32.2 Å². The number of aryl methyl sites for hydroxylation is 3. The van der Waals surface area contributed by atoms with Gasteiger partial charge in [0.2, 0.25) is 0 Å². The first-order valence-electron chi connectivity index (χ1n) is 11.9. The van der Waals surface area contributed by atoms with Gasteiger partial charge in [-0.15, -0.1) is 0 Å². The molecule has 176 valence electrons. The van der Waals surface area contributed by atoms with Crippen LogP contribution in [0.2, 0.25) is 0 Å². The summed E-state index contributed by atoms with van der Waals surface area (Å²) in [5.41, 5.74) is 4.24. The summed E-state index contributed by atoms with van der Waals surface area (Å²) in [6.45, 7) is 8.15. The molecule has 33 heavy (non-hydrogen) atoms. The Kier molecular flexibility index (Phi) is 7.94. The Bertz CT molecular complexity index is 1020. The third-order valence-corrected chi connectivity index (χ3v) is 6.24. The molecular weight excluding hydrogens is 416 g/mol. The zero-order valence-electron chi connectivity index (χ0n) is 20.0. The van der Waals surface area contributed by atoms with Crippen LogP contribution in [0.1, 0.15) is 53.4 Å². The molecule has 4 rings (SSSR count). The summed E-state index contributed by atoms with van der Waals surface area (Å²) in [7, 11) is 1.68. The molecule has 1 aliphatic rings. The molecule has 0 spiro atoms. The Morgan fingerprint density at radius 2 is 1.91 bits per heavy atom. The molecule has 0 N–H and O–H groups in total. The standard InChI is InChI=1S/C26H34N4O3/c1-19-23(20(2)33-29-19)9-8-22-11-12-27-26(28-22)18-21-7-10-24(31-3)25(17-21)32-16-6-15-30-13-4-5-14-30/h7,10-12,17H,4-6,8-9,13-16,18H2,1-3H3. The quantitative estimate of drug-likeness (QED) is 0.403. The molecule has 3 aromatic rings. The van der Waals surface area contributed by atoms with Gasteiger partial charge >= 0.3 is 0 Å². The molecule has 1 aliphatic heterocycles. The van der Waals surface area contributed by atoms with Crippen molar-refractivity contribution >= 4 is 0 Å². The summed E-state index contributed by atoms with van der Waals surface area (Å²) in [6, 6.07) is 8.04. The van der Waals surface area contributed by atoms with Gasteiger partial charge in [0.25, 0.3) is 0 Å². The Morgan fingerprint density at radius 3 is 2.67 bits per heavy atom. The number of hydrogen-bond acceptors (Lipinski definition) is 7. The minimum absolute atomic E-state index is 0.646. The monoisotopic (exact) mass is 450 g/mol. The van der Waals surface area contributed by atoms with Crippen LogP contribution in [0.3, 0.4) is 0 Å². The lowest BCUT2D eigenvalue weighted by atomic mass is 10.1. The minimum atomic E-state index is 0.646. The first-order valence-corrected chi connectivity index (χ1v) is 11.9. The van der Waals surface area contributed by atoms with Gasteiger partial charge in [0.15, 0.2) is 11.5 Å². The van der Waals surface area contributed by atoms with Gasteiger partial charge in [-0.3, -0.25) is 0 Å². The van der Waals surface area contributed by atoms with Crippen LogP contribution in [0.5, 0.6) is 11.5 Å². The van der Waals surface area contributed by atoms with E-state index in [9.17, 15) is 0 Å². The highest BCUT2D eigenvalue weighted by atomic mass is 16.5. The molecule has 7 heteroatoms. The van der Waals surface area contributed by atoms with Crippen molar-refractivity contribution in [3.05, 3.63) is 64.6 Å². The molecule has 1 fully saturated rings. The summed E-state index contributed by atoms with van der Waals surface area (Å²) in [6.07, 6.45) is 7.82. The van der Waals surface area contributed by atoms with E-state index in [0.29, 0.717) is 13.0 Å². The van der Waals surface area contributed by atoms with E-state index in [1.54, 1.807) is 7.11 Å². The van der Waals surface area contributed by atoms with Crippen LogP contribution in [-0.2, 0) is 19.3 Å². The van der Waals surface area contributed by atoms with E-state index in [4.69, 9.17) is 19.0 Å². The minimum Gasteiger partial charge on any atom is -0.493 e. The lowest BCUT2D eigenvalue weighted by molar-refractivity contribution is 0.254. The first-order chi connectivity index (χ1) is 16.1. The van der Waals surface area contributed by atoms with Gasteiger partial charge in [-0.25, -0.2) is 9.97 Å². The fourth-order valence-corrected chi connectivity index (χ4v) is 4.38. The van der Waals surface area contributed by atoms with Crippen molar-refractivity contribution in [2.24, 2.45) is 0 Å². The van der Waals surface area contributed by atoms with E-state index < -0.39 is 0 Å². The fourth-order valence-electron chi connectivity index (χ4n) is 4.38. The maximum atomic E-state index is 6.08. The number of benzene rings is 1. The van der Waals surface area contributed by atoms with Gasteiger partial charge in [0.1, 0.15) is 11.6 Å². The highest BCUT2D eigenvalue weighted by Crippen LogP contribution is 2.29. The second-order valence-electron chi connectivity index (χ2n) is 8.68. The molecule has 0 radical (unpaired) electrons. The number of likely N-dealkylation sites (tertiary alicyclic amines) is 1.